The summed E-state index contributed by atoms with van der Waals surface area (Å²) in [5, 5.41) is 0. The molecule has 0 aromatic rings. The van der Waals surface area contributed by atoms with E-state index in [1.54, 1.807) is 12.2 Å². The van der Waals surface area contributed by atoms with Gasteiger partial charge in [-0.1, -0.05) is 12.2 Å². The lowest BCUT2D eigenvalue weighted by Gasteiger charge is -2.10. The molecule has 1 aliphatic carbocycles. The minimum atomic E-state index is -4.23. The second-order valence-corrected chi connectivity index (χ2v) is 2.80. The Morgan fingerprint density at radius 2 is 1.92 bits per heavy atom. The third-order valence-electron chi connectivity index (χ3n) is 1.73. The first kappa shape index (κ1) is 9.89. The van der Waals surface area contributed by atoms with Crippen LogP contribution in [0.15, 0.2) is 35.6 Å². The molecule has 0 unspecified atom stereocenters. The van der Waals surface area contributed by atoms with Gasteiger partial charge < -0.3 is 5.73 Å². The van der Waals surface area contributed by atoms with Gasteiger partial charge in [-0.2, -0.15) is 13.2 Å². The standard InChI is InChI=1S/C9H10F3N/c10-9(11,12)7-3-1-2-4-8(13)6-5-7/h2,4-6H,1,3,13H2/b4-2+,7-5+,8-6+. The number of rotatable bonds is 0. The number of hydrogen-bond acceptors (Lipinski definition) is 1. The molecule has 0 amide bonds. The fraction of sp³-hybridized carbons (Fsp3) is 0.333. The van der Waals surface area contributed by atoms with Gasteiger partial charge in [0.2, 0.25) is 0 Å². The molecule has 1 aliphatic rings. The minimum Gasteiger partial charge on any atom is -0.399 e. The zero-order chi connectivity index (χ0) is 9.90. The lowest BCUT2D eigenvalue weighted by Crippen LogP contribution is -2.12. The van der Waals surface area contributed by atoms with Gasteiger partial charge in [-0.25, -0.2) is 0 Å². The summed E-state index contributed by atoms with van der Waals surface area (Å²) in [5.74, 6) is 0. The van der Waals surface area contributed by atoms with Crippen LogP contribution in [0.1, 0.15) is 12.8 Å². The van der Waals surface area contributed by atoms with E-state index in [-0.39, 0.29) is 6.42 Å². The van der Waals surface area contributed by atoms with Crippen molar-refractivity contribution < 1.29 is 13.2 Å². The number of nitrogens with two attached hydrogens (primary N) is 1. The molecular formula is C9H10F3N. The highest BCUT2D eigenvalue weighted by Gasteiger charge is 2.32. The van der Waals surface area contributed by atoms with Crippen LogP contribution in [0.3, 0.4) is 0 Å². The predicted molar refractivity (Wildman–Crippen MR) is 44.8 cm³/mol. The molecule has 0 saturated heterocycles. The van der Waals surface area contributed by atoms with E-state index >= 15 is 0 Å². The van der Waals surface area contributed by atoms with Gasteiger partial charge in [0.1, 0.15) is 0 Å². The van der Waals surface area contributed by atoms with Crippen molar-refractivity contribution in [2.75, 3.05) is 0 Å². The lowest BCUT2D eigenvalue weighted by molar-refractivity contribution is -0.0938. The number of alkyl halides is 3. The fourth-order valence-electron chi connectivity index (χ4n) is 1.03. The Kier molecular flexibility index (Phi) is 2.80. The fourth-order valence-corrected chi connectivity index (χ4v) is 1.03. The Balaban J connectivity index is 2.88. The Bertz CT molecular complexity index is 271. The highest BCUT2D eigenvalue weighted by Crippen LogP contribution is 2.29. The van der Waals surface area contributed by atoms with Crippen LogP contribution in [0.25, 0.3) is 0 Å². The molecule has 0 heterocycles. The highest BCUT2D eigenvalue weighted by atomic mass is 19.4. The van der Waals surface area contributed by atoms with Crippen molar-refractivity contribution in [1.82, 2.24) is 0 Å². The second-order valence-electron chi connectivity index (χ2n) is 2.80. The van der Waals surface area contributed by atoms with Crippen LogP contribution >= 0.6 is 0 Å². The van der Waals surface area contributed by atoms with Gasteiger partial charge in [-0.15, -0.1) is 0 Å². The SMILES string of the molecule is NC1=C/C=C(/C(F)(F)F)CC\C=C\1. The van der Waals surface area contributed by atoms with Crippen molar-refractivity contribution in [2.24, 2.45) is 5.73 Å². The van der Waals surface area contributed by atoms with E-state index in [4.69, 9.17) is 5.73 Å². The van der Waals surface area contributed by atoms with Crippen molar-refractivity contribution in [3.05, 3.63) is 35.6 Å². The monoisotopic (exact) mass is 189 g/mol. The highest BCUT2D eigenvalue weighted by molar-refractivity contribution is 5.27. The molecule has 0 spiro atoms. The van der Waals surface area contributed by atoms with Gasteiger partial charge in [-0.05, 0) is 25.0 Å². The maximum atomic E-state index is 12.2. The zero-order valence-electron chi connectivity index (χ0n) is 6.93. The summed E-state index contributed by atoms with van der Waals surface area (Å²) in [7, 11) is 0. The van der Waals surface area contributed by atoms with Crippen LogP contribution in [-0.4, -0.2) is 6.18 Å². The third kappa shape index (κ3) is 2.97. The normalized spacial score (nSPS) is 29.2. The summed E-state index contributed by atoms with van der Waals surface area (Å²) in [5.41, 5.74) is 5.19. The van der Waals surface area contributed by atoms with E-state index in [1.807, 2.05) is 0 Å². The van der Waals surface area contributed by atoms with Crippen molar-refractivity contribution >= 4 is 0 Å². The van der Waals surface area contributed by atoms with E-state index in [0.717, 1.165) is 6.08 Å². The molecule has 0 atom stereocenters. The van der Waals surface area contributed by atoms with E-state index in [1.165, 1.54) is 6.08 Å². The summed E-state index contributed by atoms with van der Waals surface area (Å²) in [6.45, 7) is 0. The summed E-state index contributed by atoms with van der Waals surface area (Å²) >= 11 is 0. The Morgan fingerprint density at radius 3 is 2.54 bits per heavy atom. The smallest absolute Gasteiger partial charge is 0.399 e. The van der Waals surface area contributed by atoms with Crippen molar-refractivity contribution in [3.63, 3.8) is 0 Å². The largest absolute Gasteiger partial charge is 0.412 e. The molecular weight excluding hydrogens is 179 g/mol. The van der Waals surface area contributed by atoms with Crippen LogP contribution in [0.5, 0.6) is 0 Å². The average Bonchev–Trinajstić information content (AvgIpc) is 1.94. The number of allylic oxidation sites excluding steroid dienone is 5. The maximum absolute atomic E-state index is 12.2. The summed E-state index contributed by atoms with van der Waals surface area (Å²) < 4.78 is 36.7. The number of halogens is 3. The van der Waals surface area contributed by atoms with Crippen molar-refractivity contribution in [1.29, 1.82) is 0 Å². The summed E-state index contributed by atoms with van der Waals surface area (Å²) in [4.78, 5) is 0. The Morgan fingerprint density at radius 1 is 1.23 bits per heavy atom. The van der Waals surface area contributed by atoms with E-state index in [0.29, 0.717) is 12.1 Å². The first-order valence-corrected chi connectivity index (χ1v) is 3.90. The van der Waals surface area contributed by atoms with Gasteiger partial charge in [0.15, 0.2) is 0 Å². The quantitative estimate of drug-likeness (QED) is 0.622. The molecule has 0 aliphatic heterocycles. The van der Waals surface area contributed by atoms with E-state index < -0.39 is 11.7 Å². The molecule has 0 radical (unpaired) electrons. The van der Waals surface area contributed by atoms with Gasteiger partial charge in [0.25, 0.3) is 0 Å². The van der Waals surface area contributed by atoms with Gasteiger partial charge in [0, 0.05) is 11.3 Å². The average molecular weight is 189 g/mol. The Labute approximate surface area is 74.4 Å². The van der Waals surface area contributed by atoms with E-state index in [9.17, 15) is 13.2 Å². The molecule has 0 aromatic heterocycles. The minimum absolute atomic E-state index is 0.0176. The predicted octanol–water partition coefficient (Wildman–Crippen LogP) is 2.67. The van der Waals surface area contributed by atoms with Gasteiger partial charge in [0.05, 0.1) is 0 Å². The molecule has 2 N–H and O–H groups in total. The second kappa shape index (κ2) is 3.68. The molecule has 0 bridgehead atoms. The topological polar surface area (TPSA) is 26.0 Å². The maximum Gasteiger partial charge on any atom is 0.412 e. The van der Waals surface area contributed by atoms with Gasteiger partial charge in [-0.3, -0.25) is 0 Å². The molecule has 72 valence electrons. The van der Waals surface area contributed by atoms with Crippen LogP contribution in [0.2, 0.25) is 0 Å². The molecule has 0 fully saturated rings. The van der Waals surface area contributed by atoms with E-state index in [2.05, 4.69) is 0 Å². The first-order valence-electron chi connectivity index (χ1n) is 3.90. The first-order chi connectivity index (χ1) is 6.00. The third-order valence-corrected chi connectivity index (χ3v) is 1.73. The summed E-state index contributed by atoms with van der Waals surface area (Å²) in [6, 6.07) is 0. The molecule has 4 heteroatoms. The zero-order valence-corrected chi connectivity index (χ0v) is 6.93. The van der Waals surface area contributed by atoms with Crippen molar-refractivity contribution in [2.45, 2.75) is 19.0 Å². The molecule has 13 heavy (non-hydrogen) atoms. The molecule has 1 nitrogen and oxygen atoms in total. The Hall–Kier alpha value is -1.19. The molecule has 1 rings (SSSR count). The van der Waals surface area contributed by atoms with Crippen LogP contribution in [0, 0.1) is 0 Å². The summed E-state index contributed by atoms with van der Waals surface area (Å²) in [6.07, 6.45) is 1.73. The molecule has 0 saturated carbocycles. The lowest BCUT2D eigenvalue weighted by atomic mass is 10.1. The van der Waals surface area contributed by atoms with Crippen molar-refractivity contribution in [3.8, 4) is 0 Å². The van der Waals surface area contributed by atoms with Crippen LogP contribution in [0.4, 0.5) is 13.2 Å². The molecule has 0 aromatic carbocycles. The van der Waals surface area contributed by atoms with Gasteiger partial charge >= 0.3 is 6.18 Å². The van der Waals surface area contributed by atoms with Crippen LogP contribution < -0.4 is 5.73 Å². The van der Waals surface area contributed by atoms with Crippen LogP contribution in [-0.2, 0) is 0 Å². The number of hydrogen-bond donors (Lipinski definition) is 1.